The second kappa shape index (κ2) is 3.75. The quantitative estimate of drug-likeness (QED) is 0.750. The Morgan fingerprint density at radius 1 is 1.19 bits per heavy atom. The third-order valence-electron chi connectivity index (χ3n) is 3.11. The molecule has 1 saturated heterocycles. The topological polar surface area (TPSA) is 46.0 Å². The smallest absolute Gasteiger partial charge is 0.0883 e. The van der Waals surface area contributed by atoms with E-state index in [2.05, 4.69) is 20.3 Å². The minimum atomic E-state index is 1.04. The maximum absolute atomic E-state index is 4.30. The Kier molecular flexibility index (Phi) is 2.25. The predicted molar refractivity (Wildman–Crippen MR) is 63.6 cm³/mol. The largest absolute Gasteiger partial charge is 0.367 e. The lowest BCUT2D eigenvalue weighted by atomic mass is 10.2. The van der Waals surface area contributed by atoms with Crippen LogP contribution in [0.4, 0.5) is 5.69 Å². The van der Waals surface area contributed by atoms with Crippen LogP contribution < -0.4 is 10.2 Å². The number of nitrogens with one attached hydrogen (secondary N) is 1. The number of anilines is 1. The van der Waals surface area contributed by atoms with Crippen molar-refractivity contribution in [3.63, 3.8) is 0 Å². The molecule has 84 valence electrons. The van der Waals surface area contributed by atoms with Gasteiger partial charge in [-0.25, -0.2) is 0 Å². The lowest BCUT2D eigenvalue weighted by Crippen LogP contribution is -2.43. The average molecular weight is 217 g/mol. The van der Waals surface area contributed by atoms with Crippen LogP contribution in [0, 0.1) is 0 Å². The highest BCUT2D eigenvalue weighted by Gasteiger charge is 2.14. The summed E-state index contributed by atoms with van der Waals surface area (Å²) >= 11 is 0. The van der Waals surface area contributed by atoms with Crippen molar-refractivity contribution in [1.82, 2.24) is 20.1 Å². The van der Waals surface area contributed by atoms with Gasteiger partial charge < -0.3 is 10.2 Å². The van der Waals surface area contributed by atoms with E-state index in [4.69, 9.17) is 0 Å². The molecule has 3 rings (SSSR count). The van der Waals surface area contributed by atoms with Crippen LogP contribution in [-0.2, 0) is 7.05 Å². The van der Waals surface area contributed by atoms with Gasteiger partial charge in [0.25, 0.3) is 0 Å². The predicted octanol–water partition coefficient (Wildman–Crippen LogP) is 0.378. The summed E-state index contributed by atoms with van der Waals surface area (Å²) < 4.78 is 1.87. The SMILES string of the molecule is Cn1ncc2c(N3CCNCC3)cncc21. The van der Waals surface area contributed by atoms with Crippen LogP contribution in [0.25, 0.3) is 10.9 Å². The zero-order valence-corrected chi connectivity index (χ0v) is 9.35. The zero-order chi connectivity index (χ0) is 11.0. The molecule has 0 saturated carbocycles. The summed E-state index contributed by atoms with van der Waals surface area (Å²) in [4.78, 5) is 6.67. The first kappa shape index (κ1) is 9.59. The fourth-order valence-electron chi connectivity index (χ4n) is 2.20. The Morgan fingerprint density at radius 2 is 2.00 bits per heavy atom. The van der Waals surface area contributed by atoms with Crippen LogP contribution in [0.15, 0.2) is 18.6 Å². The van der Waals surface area contributed by atoms with Gasteiger partial charge in [0, 0.05) is 38.6 Å². The fraction of sp³-hybridized carbons (Fsp3) is 0.455. The first-order valence-corrected chi connectivity index (χ1v) is 5.57. The van der Waals surface area contributed by atoms with E-state index in [-0.39, 0.29) is 0 Å². The highest BCUT2D eigenvalue weighted by Crippen LogP contribution is 2.24. The summed E-state index contributed by atoms with van der Waals surface area (Å²) in [6.07, 6.45) is 5.73. The van der Waals surface area contributed by atoms with Crippen molar-refractivity contribution in [1.29, 1.82) is 0 Å². The van der Waals surface area contributed by atoms with Crippen LogP contribution in [-0.4, -0.2) is 40.9 Å². The fourth-order valence-corrected chi connectivity index (χ4v) is 2.20. The second-order valence-corrected chi connectivity index (χ2v) is 4.10. The first-order chi connectivity index (χ1) is 7.86. The molecule has 1 N–H and O–H groups in total. The van der Waals surface area contributed by atoms with Crippen molar-refractivity contribution in [2.24, 2.45) is 7.05 Å². The van der Waals surface area contributed by atoms with Gasteiger partial charge in [-0.3, -0.25) is 9.67 Å². The van der Waals surface area contributed by atoms with E-state index >= 15 is 0 Å². The van der Waals surface area contributed by atoms with E-state index < -0.39 is 0 Å². The van der Waals surface area contributed by atoms with E-state index in [0.717, 1.165) is 31.7 Å². The molecule has 0 amide bonds. The van der Waals surface area contributed by atoms with Crippen LogP contribution >= 0.6 is 0 Å². The maximum atomic E-state index is 4.30. The summed E-state index contributed by atoms with van der Waals surface area (Å²) in [5, 5.41) is 8.83. The van der Waals surface area contributed by atoms with Gasteiger partial charge >= 0.3 is 0 Å². The van der Waals surface area contributed by atoms with Crippen molar-refractivity contribution in [3.8, 4) is 0 Å². The molecule has 5 heteroatoms. The Balaban J connectivity index is 2.08. The van der Waals surface area contributed by atoms with Crippen LogP contribution in [0.5, 0.6) is 0 Å². The second-order valence-electron chi connectivity index (χ2n) is 4.10. The molecule has 5 nitrogen and oxygen atoms in total. The molecule has 0 spiro atoms. The molecule has 1 aliphatic heterocycles. The summed E-state index contributed by atoms with van der Waals surface area (Å²) in [6, 6.07) is 0. The monoisotopic (exact) mass is 217 g/mol. The van der Waals surface area contributed by atoms with Gasteiger partial charge in [-0.2, -0.15) is 5.10 Å². The average Bonchev–Trinajstić information content (AvgIpc) is 2.73. The molecule has 0 bridgehead atoms. The standard InChI is InChI=1S/C11H15N5/c1-15-10-7-13-8-11(9(10)6-14-15)16-4-2-12-3-5-16/h6-8,12H,2-5H2,1H3. The highest BCUT2D eigenvalue weighted by atomic mass is 15.3. The van der Waals surface area contributed by atoms with E-state index in [1.54, 1.807) is 0 Å². The van der Waals surface area contributed by atoms with Crippen molar-refractivity contribution >= 4 is 16.6 Å². The molecule has 0 aromatic carbocycles. The van der Waals surface area contributed by atoms with Crippen LogP contribution in [0.3, 0.4) is 0 Å². The van der Waals surface area contributed by atoms with E-state index in [1.807, 2.05) is 30.3 Å². The molecule has 0 aliphatic carbocycles. The number of fused-ring (bicyclic) bond motifs is 1. The van der Waals surface area contributed by atoms with Gasteiger partial charge in [-0.1, -0.05) is 0 Å². The summed E-state index contributed by atoms with van der Waals surface area (Å²) in [6.45, 7) is 4.15. The molecular weight excluding hydrogens is 202 g/mol. The molecule has 2 aromatic rings. The molecule has 0 atom stereocenters. The van der Waals surface area contributed by atoms with E-state index in [1.165, 1.54) is 11.1 Å². The minimum Gasteiger partial charge on any atom is -0.367 e. The van der Waals surface area contributed by atoms with Crippen molar-refractivity contribution < 1.29 is 0 Å². The van der Waals surface area contributed by atoms with Crippen LogP contribution in [0.1, 0.15) is 0 Å². The normalized spacial score (nSPS) is 16.9. The van der Waals surface area contributed by atoms with Gasteiger partial charge in [0.2, 0.25) is 0 Å². The molecule has 0 unspecified atom stereocenters. The first-order valence-electron chi connectivity index (χ1n) is 5.57. The maximum Gasteiger partial charge on any atom is 0.0883 e. The number of hydrogen-bond acceptors (Lipinski definition) is 4. The third-order valence-corrected chi connectivity index (χ3v) is 3.11. The molecule has 2 aromatic heterocycles. The third kappa shape index (κ3) is 1.44. The number of rotatable bonds is 1. The van der Waals surface area contributed by atoms with Gasteiger partial charge in [-0.05, 0) is 0 Å². The van der Waals surface area contributed by atoms with Gasteiger partial charge in [0.05, 0.1) is 29.8 Å². The zero-order valence-electron chi connectivity index (χ0n) is 9.35. The van der Waals surface area contributed by atoms with Gasteiger partial charge in [-0.15, -0.1) is 0 Å². The number of aryl methyl sites for hydroxylation is 1. The Labute approximate surface area is 94.1 Å². The number of piperazine rings is 1. The van der Waals surface area contributed by atoms with Gasteiger partial charge in [0.1, 0.15) is 0 Å². The Bertz CT molecular complexity index is 498. The molecule has 1 fully saturated rings. The number of nitrogens with zero attached hydrogens (tertiary/aromatic N) is 4. The molecular formula is C11H15N5. The van der Waals surface area contributed by atoms with Crippen molar-refractivity contribution in [3.05, 3.63) is 18.6 Å². The van der Waals surface area contributed by atoms with Crippen molar-refractivity contribution in [2.75, 3.05) is 31.1 Å². The van der Waals surface area contributed by atoms with Crippen molar-refractivity contribution in [2.45, 2.75) is 0 Å². The number of aromatic nitrogens is 3. The van der Waals surface area contributed by atoms with E-state index in [0.29, 0.717) is 0 Å². The highest BCUT2D eigenvalue weighted by molar-refractivity contribution is 5.90. The van der Waals surface area contributed by atoms with E-state index in [9.17, 15) is 0 Å². The number of hydrogen-bond donors (Lipinski definition) is 1. The summed E-state index contributed by atoms with van der Waals surface area (Å²) in [7, 11) is 1.95. The molecule has 3 heterocycles. The Morgan fingerprint density at radius 3 is 2.81 bits per heavy atom. The van der Waals surface area contributed by atoms with Gasteiger partial charge in [0.15, 0.2) is 0 Å². The molecule has 1 aliphatic rings. The molecule has 0 radical (unpaired) electrons. The lowest BCUT2D eigenvalue weighted by Gasteiger charge is -2.29. The number of pyridine rings is 1. The summed E-state index contributed by atoms with van der Waals surface area (Å²) in [5.74, 6) is 0. The Hall–Kier alpha value is -1.62. The summed E-state index contributed by atoms with van der Waals surface area (Å²) in [5.41, 5.74) is 2.29. The molecule has 16 heavy (non-hydrogen) atoms. The lowest BCUT2D eigenvalue weighted by molar-refractivity contribution is 0.590. The minimum absolute atomic E-state index is 1.04. The van der Waals surface area contributed by atoms with Crippen LogP contribution in [0.2, 0.25) is 0 Å².